The van der Waals surface area contributed by atoms with E-state index in [4.69, 9.17) is 10.6 Å². The highest BCUT2D eigenvalue weighted by Gasteiger charge is 2.37. The Kier molecular flexibility index (Phi) is 4.07. The lowest BCUT2D eigenvalue weighted by Crippen LogP contribution is -2.34. The number of anilines is 2. The van der Waals surface area contributed by atoms with Crippen molar-refractivity contribution in [1.82, 2.24) is 19.9 Å². The van der Waals surface area contributed by atoms with Gasteiger partial charge in [0.25, 0.3) is 0 Å². The van der Waals surface area contributed by atoms with Crippen LogP contribution in [0.15, 0.2) is 0 Å². The van der Waals surface area contributed by atoms with Gasteiger partial charge in [0, 0.05) is 18.6 Å². The highest BCUT2D eigenvalue weighted by atomic mass is 16.5. The highest BCUT2D eigenvalue weighted by Crippen LogP contribution is 2.29. The number of nitrogens with zero attached hydrogens (tertiary/aromatic N) is 4. The van der Waals surface area contributed by atoms with Gasteiger partial charge in [0.1, 0.15) is 0 Å². The van der Waals surface area contributed by atoms with Crippen molar-refractivity contribution in [3.05, 3.63) is 0 Å². The number of ether oxygens (including phenoxy) is 1. The summed E-state index contributed by atoms with van der Waals surface area (Å²) >= 11 is 0. The first-order chi connectivity index (χ1) is 10.2. The Labute approximate surface area is 124 Å². The van der Waals surface area contributed by atoms with Gasteiger partial charge in [-0.1, -0.05) is 0 Å². The van der Waals surface area contributed by atoms with Crippen LogP contribution in [-0.2, 0) is 0 Å². The lowest BCUT2D eigenvalue weighted by atomic mass is 10.1. The zero-order valence-corrected chi connectivity index (χ0v) is 12.5. The van der Waals surface area contributed by atoms with Crippen LogP contribution in [0.3, 0.4) is 0 Å². The molecule has 0 bridgehead atoms. The molecule has 2 aliphatic heterocycles. The van der Waals surface area contributed by atoms with Gasteiger partial charge in [-0.25, -0.2) is 5.84 Å². The summed E-state index contributed by atoms with van der Waals surface area (Å²) in [4.78, 5) is 15.2. The molecule has 2 atom stereocenters. The molecule has 1 aromatic rings. The Morgan fingerprint density at radius 1 is 1.19 bits per heavy atom. The van der Waals surface area contributed by atoms with Crippen molar-refractivity contribution in [3.8, 4) is 6.01 Å². The molecule has 0 saturated carbocycles. The summed E-state index contributed by atoms with van der Waals surface area (Å²) in [7, 11) is 0. The topological polar surface area (TPSA) is 101 Å². The van der Waals surface area contributed by atoms with Crippen molar-refractivity contribution in [3.63, 3.8) is 0 Å². The van der Waals surface area contributed by atoms with Gasteiger partial charge in [-0.2, -0.15) is 15.0 Å². The molecule has 2 unspecified atom stereocenters. The van der Waals surface area contributed by atoms with Crippen molar-refractivity contribution >= 4 is 11.9 Å². The van der Waals surface area contributed by atoms with E-state index in [0.29, 0.717) is 24.0 Å². The maximum absolute atomic E-state index is 5.54. The fraction of sp³-hybridized carbons (Fsp3) is 0.769. The van der Waals surface area contributed by atoms with Gasteiger partial charge in [-0.3, -0.25) is 10.3 Å². The minimum atomic E-state index is 0.00248. The molecular formula is C13H23N7O. The van der Waals surface area contributed by atoms with Crippen LogP contribution in [0.1, 0.15) is 33.1 Å². The first kappa shape index (κ1) is 14.3. The van der Waals surface area contributed by atoms with Crippen molar-refractivity contribution in [2.75, 3.05) is 23.8 Å². The molecule has 2 fully saturated rings. The van der Waals surface area contributed by atoms with E-state index < -0.39 is 0 Å². The number of nitrogen functional groups attached to an aromatic ring is 1. The summed E-state index contributed by atoms with van der Waals surface area (Å²) in [5, 5.41) is 3.42. The second-order valence-corrected chi connectivity index (χ2v) is 5.86. The monoisotopic (exact) mass is 293 g/mol. The molecule has 21 heavy (non-hydrogen) atoms. The number of rotatable bonds is 5. The van der Waals surface area contributed by atoms with Gasteiger partial charge in [0.05, 0.1) is 6.10 Å². The Morgan fingerprint density at radius 3 is 2.76 bits per heavy atom. The molecule has 0 amide bonds. The minimum Gasteiger partial charge on any atom is -0.461 e. The number of nitrogens with one attached hydrogen (secondary N) is 2. The molecule has 2 aliphatic rings. The van der Waals surface area contributed by atoms with Crippen LogP contribution in [0.5, 0.6) is 6.01 Å². The number of aromatic nitrogens is 3. The summed E-state index contributed by atoms with van der Waals surface area (Å²) in [5.74, 6) is 6.25. The number of nitrogens with two attached hydrogens (primary N) is 1. The molecule has 0 radical (unpaired) electrons. The molecule has 2 saturated heterocycles. The Bertz CT molecular complexity index is 495. The second kappa shape index (κ2) is 5.98. The van der Waals surface area contributed by atoms with Crippen LogP contribution in [0, 0.1) is 0 Å². The number of fused-ring (bicyclic) bond motifs is 1. The third-order valence-electron chi connectivity index (χ3n) is 4.01. The fourth-order valence-electron chi connectivity index (χ4n) is 3.17. The largest absolute Gasteiger partial charge is 0.461 e. The van der Waals surface area contributed by atoms with Gasteiger partial charge in [-0.15, -0.1) is 0 Å². The first-order valence-corrected chi connectivity index (χ1v) is 7.55. The standard InChI is InChI=1S/C13H23N7O/c1-8(2)21-13-17-11(16-12(18-13)19-14)15-9-5-7-20-6-3-4-10(9)20/h8-10H,3-7,14H2,1-2H3,(H2,15,16,17,18,19). The molecule has 1 aromatic heterocycles. The van der Waals surface area contributed by atoms with Crippen molar-refractivity contribution in [2.45, 2.75) is 51.3 Å². The van der Waals surface area contributed by atoms with Gasteiger partial charge >= 0.3 is 6.01 Å². The zero-order chi connectivity index (χ0) is 14.8. The van der Waals surface area contributed by atoms with E-state index in [2.05, 4.69) is 30.6 Å². The van der Waals surface area contributed by atoms with Gasteiger partial charge < -0.3 is 10.1 Å². The zero-order valence-electron chi connectivity index (χ0n) is 12.5. The molecule has 3 heterocycles. The van der Waals surface area contributed by atoms with Gasteiger partial charge in [0.2, 0.25) is 11.9 Å². The molecule has 4 N–H and O–H groups in total. The van der Waals surface area contributed by atoms with Crippen molar-refractivity contribution in [2.24, 2.45) is 5.84 Å². The summed E-state index contributed by atoms with van der Waals surface area (Å²) in [5.41, 5.74) is 2.46. The number of hydrazine groups is 1. The maximum atomic E-state index is 5.54. The van der Waals surface area contributed by atoms with Crippen molar-refractivity contribution in [1.29, 1.82) is 0 Å². The predicted octanol–water partition coefficient (Wildman–Crippen LogP) is 0.593. The van der Waals surface area contributed by atoms with E-state index in [1.54, 1.807) is 0 Å². The van der Waals surface area contributed by atoms with Crippen LogP contribution >= 0.6 is 0 Å². The number of hydrogen-bond acceptors (Lipinski definition) is 8. The third-order valence-corrected chi connectivity index (χ3v) is 4.01. The lowest BCUT2D eigenvalue weighted by Gasteiger charge is -2.21. The average Bonchev–Trinajstić information content (AvgIpc) is 3.03. The highest BCUT2D eigenvalue weighted by molar-refractivity contribution is 5.36. The predicted molar refractivity (Wildman–Crippen MR) is 80.0 cm³/mol. The lowest BCUT2D eigenvalue weighted by molar-refractivity contribution is 0.222. The third kappa shape index (κ3) is 3.16. The molecule has 8 nitrogen and oxygen atoms in total. The first-order valence-electron chi connectivity index (χ1n) is 7.55. The quantitative estimate of drug-likeness (QED) is 0.536. The van der Waals surface area contributed by atoms with Crippen LogP contribution < -0.4 is 21.3 Å². The van der Waals surface area contributed by atoms with E-state index in [0.717, 1.165) is 13.0 Å². The smallest absolute Gasteiger partial charge is 0.323 e. The fourth-order valence-corrected chi connectivity index (χ4v) is 3.17. The molecule has 8 heteroatoms. The molecule has 0 spiro atoms. The van der Waals surface area contributed by atoms with Crippen molar-refractivity contribution < 1.29 is 4.74 Å². The SMILES string of the molecule is CC(C)Oc1nc(NN)nc(NC2CCN3CCCC23)n1. The second-order valence-electron chi connectivity index (χ2n) is 5.86. The van der Waals surface area contributed by atoms with Crippen LogP contribution in [0.2, 0.25) is 0 Å². The minimum absolute atomic E-state index is 0.00248. The summed E-state index contributed by atoms with van der Waals surface area (Å²) in [6.07, 6.45) is 3.63. The van der Waals surface area contributed by atoms with Gasteiger partial charge in [-0.05, 0) is 39.7 Å². The Hall–Kier alpha value is -1.67. The Balaban J connectivity index is 1.74. The van der Waals surface area contributed by atoms with Crippen LogP contribution in [0.25, 0.3) is 0 Å². The normalized spacial score (nSPS) is 25.1. The molecule has 0 aliphatic carbocycles. The molecule has 0 aromatic carbocycles. The molecule has 3 rings (SSSR count). The van der Waals surface area contributed by atoms with Gasteiger partial charge in [0.15, 0.2) is 0 Å². The van der Waals surface area contributed by atoms with E-state index in [9.17, 15) is 0 Å². The summed E-state index contributed by atoms with van der Waals surface area (Å²) in [6.45, 7) is 6.21. The number of hydrogen-bond donors (Lipinski definition) is 3. The maximum Gasteiger partial charge on any atom is 0.323 e. The van der Waals surface area contributed by atoms with E-state index in [1.807, 2.05) is 13.8 Å². The van der Waals surface area contributed by atoms with E-state index in [-0.39, 0.29) is 12.1 Å². The van der Waals surface area contributed by atoms with Crippen LogP contribution in [0.4, 0.5) is 11.9 Å². The van der Waals surface area contributed by atoms with E-state index in [1.165, 1.54) is 19.4 Å². The van der Waals surface area contributed by atoms with Crippen LogP contribution in [-0.4, -0.2) is 51.1 Å². The Morgan fingerprint density at radius 2 is 2.00 bits per heavy atom. The molecular weight excluding hydrogens is 270 g/mol. The van der Waals surface area contributed by atoms with E-state index >= 15 is 0 Å². The summed E-state index contributed by atoms with van der Waals surface area (Å²) < 4.78 is 5.54. The summed E-state index contributed by atoms with van der Waals surface area (Å²) in [6, 6.07) is 1.26. The molecule has 116 valence electrons. The average molecular weight is 293 g/mol.